The van der Waals surface area contributed by atoms with Crippen LogP contribution >= 0.6 is 0 Å². The maximum Gasteiger partial charge on any atom is 0.224 e. The molecular weight excluding hydrogens is 340 g/mol. The number of hydrogen-bond donors (Lipinski definition) is 1. The fourth-order valence-electron chi connectivity index (χ4n) is 3.98. The third-order valence-electron chi connectivity index (χ3n) is 5.21. The van der Waals surface area contributed by atoms with Crippen molar-refractivity contribution < 1.29 is 14.3 Å². The van der Waals surface area contributed by atoms with Crippen LogP contribution in [0.15, 0.2) is 59.8 Å². The van der Waals surface area contributed by atoms with Gasteiger partial charge in [-0.25, -0.2) is 0 Å². The van der Waals surface area contributed by atoms with Crippen LogP contribution in [0.25, 0.3) is 0 Å². The third-order valence-corrected chi connectivity index (χ3v) is 5.21. The van der Waals surface area contributed by atoms with Gasteiger partial charge in [-0.2, -0.15) is 0 Å². The summed E-state index contributed by atoms with van der Waals surface area (Å²) in [5.41, 5.74) is 4.15. The van der Waals surface area contributed by atoms with Crippen molar-refractivity contribution >= 4 is 23.1 Å². The fourth-order valence-corrected chi connectivity index (χ4v) is 3.98. The fraction of sp³-hybridized carbons (Fsp3) is 0.273. The molecule has 138 valence electrons. The van der Waals surface area contributed by atoms with Gasteiger partial charge in [0, 0.05) is 24.6 Å². The van der Waals surface area contributed by atoms with Gasteiger partial charge in [-0.3, -0.25) is 14.5 Å². The standard InChI is InChI=1S/C22H22N2O3/c1-14(25)24-19-8-4-3-6-17(19)23-18-7-5-9-20(26)21(18)22(24)15-10-12-16(27-2)13-11-15/h3-4,6,8,10-13,22-23H,5,7,9H2,1-2H3/t22-/m0/s1. The van der Waals surface area contributed by atoms with Gasteiger partial charge in [-0.15, -0.1) is 0 Å². The second-order valence-electron chi connectivity index (χ2n) is 6.88. The molecule has 0 bridgehead atoms. The number of para-hydroxylation sites is 2. The molecule has 1 atom stereocenters. The molecule has 0 spiro atoms. The predicted molar refractivity (Wildman–Crippen MR) is 105 cm³/mol. The molecule has 0 saturated carbocycles. The number of benzene rings is 2. The van der Waals surface area contributed by atoms with Crippen LogP contribution in [0, 0.1) is 0 Å². The molecule has 0 aromatic heterocycles. The van der Waals surface area contributed by atoms with Crippen molar-refractivity contribution in [2.24, 2.45) is 0 Å². The minimum absolute atomic E-state index is 0.0998. The summed E-state index contributed by atoms with van der Waals surface area (Å²) < 4.78 is 5.27. The molecule has 1 aliphatic heterocycles. The molecule has 1 N–H and O–H groups in total. The third kappa shape index (κ3) is 2.99. The number of Topliss-reactive ketones (excluding diaryl/α,β-unsaturated/α-hetero) is 1. The van der Waals surface area contributed by atoms with Gasteiger partial charge >= 0.3 is 0 Å². The largest absolute Gasteiger partial charge is 0.497 e. The number of methoxy groups -OCH3 is 1. The lowest BCUT2D eigenvalue weighted by atomic mass is 9.86. The molecule has 1 heterocycles. The molecule has 2 aliphatic rings. The lowest BCUT2D eigenvalue weighted by molar-refractivity contribution is -0.117. The first-order valence-electron chi connectivity index (χ1n) is 9.16. The molecule has 27 heavy (non-hydrogen) atoms. The Morgan fingerprint density at radius 1 is 1.11 bits per heavy atom. The number of carbonyl (C=O) groups excluding carboxylic acids is 2. The number of anilines is 2. The van der Waals surface area contributed by atoms with Crippen LogP contribution < -0.4 is 15.0 Å². The first-order valence-corrected chi connectivity index (χ1v) is 9.16. The quantitative estimate of drug-likeness (QED) is 0.869. The number of amides is 1. The molecule has 0 unspecified atom stereocenters. The van der Waals surface area contributed by atoms with Gasteiger partial charge in [0.25, 0.3) is 0 Å². The van der Waals surface area contributed by atoms with Crippen LogP contribution in [-0.2, 0) is 9.59 Å². The summed E-state index contributed by atoms with van der Waals surface area (Å²) in [6.07, 6.45) is 2.13. The Bertz CT molecular complexity index is 931. The highest BCUT2D eigenvalue weighted by atomic mass is 16.5. The van der Waals surface area contributed by atoms with Crippen LogP contribution in [0.3, 0.4) is 0 Å². The molecule has 1 aliphatic carbocycles. The first-order chi connectivity index (χ1) is 13.1. The molecule has 0 fully saturated rings. The summed E-state index contributed by atoms with van der Waals surface area (Å²) >= 11 is 0. The van der Waals surface area contributed by atoms with Crippen molar-refractivity contribution in [3.8, 4) is 5.75 Å². The predicted octanol–water partition coefficient (Wildman–Crippen LogP) is 4.22. The number of hydrogen-bond acceptors (Lipinski definition) is 4. The van der Waals surface area contributed by atoms with Gasteiger partial charge in [-0.1, -0.05) is 24.3 Å². The first kappa shape index (κ1) is 17.3. The van der Waals surface area contributed by atoms with Crippen molar-refractivity contribution in [3.63, 3.8) is 0 Å². The van der Waals surface area contributed by atoms with E-state index in [-0.39, 0.29) is 11.7 Å². The minimum atomic E-state index is -0.452. The maximum absolute atomic E-state index is 12.9. The van der Waals surface area contributed by atoms with E-state index < -0.39 is 6.04 Å². The lowest BCUT2D eigenvalue weighted by Gasteiger charge is -2.33. The van der Waals surface area contributed by atoms with Crippen LogP contribution in [0.5, 0.6) is 5.75 Å². The van der Waals surface area contributed by atoms with Crippen LogP contribution in [-0.4, -0.2) is 18.8 Å². The second kappa shape index (κ2) is 6.91. The summed E-state index contributed by atoms with van der Waals surface area (Å²) in [5, 5.41) is 3.44. The van der Waals surface area contributed by atoms with Crippen LogP contribution in [0.4, 0.5) is 11.4 Å². The Morgan fingerprint density at radius 3 is 2.56 bits per heavy atom. The lowest BCUT2D eigenvalue weighted by Crippen LogP contribution is -2.36. The zero-order valence-corrected chi connectivity index (χ0v) is 15.5. The van der Waals surface area contributed by atoms with E-state index in [4.69, 9.17) is 4.74 Å². The molecule has 0 saturated heterocycles. The summed E-state index contributed by atoms with van der Waals surface area (Å²) in [5.74, 6) is 0.741. The summed E-state index contributed by atoms with van der Waals surface area (Å²) in [7, 11) is 1.62. The average molecular weight is 362 g/mol. The number of ketones is 1. The van der Waals surface area contributed by atoms with Crippen LogP contribution in [0.2, 0.25) is 0 Å². The molecular formula is C22H22N2O3. The highest BCUT2D eigenvalue weighted by Gasteiger charge is 2.38. The smallest absolute Gasteiger partial charge is 0.224 e. The van der Waals surface area contributed by atoms with Crippen molar-refractivity contribution in [1.29, 1.82) is 0 Å². The van der Waals surface area contributed by atoms with Crippen molar-refractivity contribution in [3.05, 3.63) is 65.4 Å². The Labute approximate surface area is 158 Å². The van der Waals surface area contributed by atoms with Gasteiger partial charge < -0.3 is 10.1 Å². The van der Waals surface area contributed by atoms with E-state index in [0.717, 1.165) is 41.2 Å². The van der Waals surface area contributed by atoms with Gasteiger partial charge in [-0.05, 0) is 42.7 Å². The highest BCUT2D eigenvalue weighted by Crippen LogP contribution is 2.44. The highest BCUT2D eigenvalue weighted by molar-refractivity contribution is 6.05. The topological polar surface area (TPSA) is 58.6 Å². The molecule has 2 aromatic rings. The number of ether oxygens (including phenoxy) is 1. The minimum Gasteiger partial charge on any atom is -0.497 e. The van der Waals surface area contributed by atoms with Crippen molar-refractivity contribution in [2.45, 2.75) is 32.2 Å². The van der Waals surface area contributed by atoms with Crippen molar-refractivity contribution in [1.82, 2.24) is 0 Å². The van der Waals surface area contributed by atoms with E-state index in [1.54, 1.807) is 18.9 Å². The Kier molecular flexibility index (Phi) is 4.44. The zero-order chi connectivity index (χ0) is 19.0. The number of fused-ring (bicyclic) bond motifs is 1. The van der Waals surface area contributed by atoms with Gasteiger partial charge in [0.2, 0.25) is 5.91 Å². The normalized spacial score (nSPS) is 19.0. The van der Waals surface area contributed by atoms with E-state index in [2.05, 4.69) is 5.32 Å². The number of nitrogens with zero attached hydrogens (tertiary/aromatic N) is 1. The number of carbonyl (C=O) groups is 2. The SMILES string of the molecule is COc1ccc([C@H]2C3=C(CCCC3=O)Nc3ccccc3N2C(C)=O)cc1. The van der Waals surface area contributed by atoms with Gasteiger partial charge in [0.15, 0.2) is 5.78 Å². The molecule has 5 nitrogen and oxygen atoms in total. The van der Waals surface area contributed by atoms with E-state index in [9.17, 15) is 9.59 Å². The molecule has 2 aromatic carbocycles. The molecule has 5 heteroatoms. The average Bonchev–Trinajstić information content (AvgIpc) is 2.83. The number of allylic oxidation sites excluding steroid dienone is 1. The molecule has 1 amide bonds. The molecule has 0 radical (unpaired) electrons. The maximum atomic E-state index is 12.9. The van der Waals surface area contributed by atoms with Gasteiger partial charge in [0.1, 0.15) is 5.75 Å². The van der Waals surface area contributed by atoms with E-state index in [0.29, 0.717) is 12.0 Å². The van der Waals surface area contributed by atoms with E-state index in [1.165, 1.54) is 0 Å². The van der Waals surface area contributed by atoms with Gasteiger partial charge in [0.05, 0.1) is 24.5 Å². The molecule has 4 rings (SSSR count). The summed E-state index contributed by atoms with van der Waals surface area (Å²) in [4.78, 5) is 27.4. The zero-order valence-electron chi connectivity index (χ0n) is 15.5. The van der Waals surface area contributed by atoms with Crippen molar-refractivity contribution in [2.75, 3.05) is 17.3 Å². The monoisotopic (exact) mass is 362 g/mol. The van der Waals surface area contributed by atoms with E-state index in [1.807, 2.05) is 48.5 Å². The Balaban J connectivity index is 1.96. The van der Waals surface area contributed by atoms with E-state index >= 15 is 0 Å². The number of rotatable bonds is 2. The summed E-state index contributed by atoms with van der Waals surface area (Å²) in [6.45, 7) is 1.55. The second-order valence-corrected chi connectivity index (χ2v) is 6.88. The summed E-state index contributed by atoms with van der Waals surface area (Å²) in [6, 6.07) is 14.9. The Hall–Kier alpha value is -3.08. The number of nitrogens with one attached hydrogen (secondary N) is 1. The Morgan fingerprint density at radius 2 is 1.85 bits per heavy atom. The van der Waals surface area contributed by atoms with Crippen LogP contribution in [0.1, 0.15) is 37.8 Å².